The second-order valence-electron chi connectivity index (χ2n) is 6.74. The fourth-order valence-corrected chi connectivity index (χ4v) is 4.35. The number of esters is 1. The Morgan fingerprint density at radius 1 is 1.38 bits per heavy atom. The van der Waals surface area contributed by atoms with Gasteiger partial charge in [0.05, 0.1) is 17.4 Å². The first-order valence-electron chi connectivity index (χ1n) is 9.13. The molecule has 6 nitrogen and oxygen atoms in total. The van der Waals surface area contributed by atoms with E-state index in [1.807, 2.05) is 26.8 Å². The molecule has 0 bridgehead atoms. The Balaban J connectivity index is 1.82. The van der Waals surface area contributed by atoms with Crippen molar-refractivity contribution in [1.82, 2.24) is 9.78 Å². The molecule has 2 aromatic heterocycles. The zero-order valence-corrected chi connectivity index (χ0v) is 16.3. The molecule has 26 heavy (non-hydrogen) atoms. The molecular weight excluding hydrogens is 350 g/mol. The molecular formula is C19H25N3O3S. The van der Waals surface area contributed by atoms with E-state index in [1.165, 1.54) is 16.2 Å². The van der Waals surface area contributed by atoms with E-state index in [1.54, 1.807) is 10.9 Å². The van der Waals surface area contributed by atoms with Crippen LogP contribution in [0.1, 0.15) is 59.6 Å². The van der Waals surface area contributed by atoms with Crippen LogP contribution in [0.2, 0.25) is 0 Å². The highest BCUT2D eigenvalue weighted by molar-refractivity contribution is 7.17. The maximum absolute atomic E-state index is 12.7. The van der Waals surface area contributed by atoms with Gasteiger partial charge in [-0.3, -0.25) is 9.48 Å². The predicted octanol–water partition coefficient (Wildman–Crippen LogP) is 3.73. The highest BCUT2D eigenvalue weighted by Crippen LogP contribution is 2.38. The van der Waals surface area contributed by atoms with Crippen LogP contribution in [0.3, 0.4) is 0 Å². The average Bonchev–Trinajstić information content (AvgIpc) is 3.17. The van der Waals surface area contributed by atoms with Gasteiger partial charge in [-0.25, -0.2) is 4.79 Å². The van der Waals surface area contributed by atoms with Crippen LogP contribution >= 0.6 is 11.3 Å². The molecule has 1 atom stereocenters. The molecule has 1 N–H and O–H groups in total. The molecule has 0 radical (unpaired) electrons. The standard InChI is InChI=1S/C19H25N3O3S/c1-4-13(3)25-19(24)17-14-7-5-6-8-15(14)26-18(17)20-16(23)11-22-10-9-12(2)21-22/h9-10,13H,4-8,11H2,1-3H3,(H,20,23). The number of thiophene rings is 1. The highest BCUT2D eigenvalue weighted by Gasteiger charge is 2.28. The summed E-state index contributed by atoms with van der Waals surface area (Å²) in [6.07, 6.45) is 6.39. The second-order valence-corrected chi connectivity index (χ2v) is 7.85. The van der Waals surface area contributed by atoms with Gasteiger partial charge in [0.2, 0.25) is 5.91 Å². The van der Waals surface area contributed by atoms with Crippen LogP contribution in [0.25, 0.3) is 0 Å². The van der Waals surface area contributed by atoms with Crippen molar-refractivity contribution in [3.63, 3.8) is 0 Å². The lowest BCUT2D eigenvalue weighted by Gasteiger charge is -2.15. The molecule has 1 aliphatic carbocycles. The van der Waals surface area contributed by atoms with Gasteiger partial charge in [0.1, 0.15) is 11.5 Å². The SMILES string of the molecule is CCC(C)OC(=O)c1c(NC(=O)Cn2ccc(C)n2)sc2c1CCCC2. The fourth-order valence-electron chi connectivity index (χ4n) is 3.06. The van der Waals surface area contributed by atoms with E-state index in [0.717, 1.165) is 43.4 Å². The van der Waals surface area contributed by atoms with Crippen LogP contribution in [0, 0.1) is 6.92 Å². The summed E-state index contributed by atoms with van der Waals surface area (Å²) in [5, 5.41) is 7.76. The molecule has 2 heterocycles. The number of carbonyl (C=O) groups excluding carboxylic acids is 2. The van der Waals surface area contributed by atoms with Crippen molar-refractivity contribution in [2.24, 2.45) is 0 Å². The summed E-state index contributed by atoms with van der Waals surface area (Å²) in [5.41, 5.74) is 2.47. The van der Waals surface area contributed by atoms with Gasteiger partial charge in [-0.15, -0.1) is 11.3 Å². The van der Waals surface area contributed by atoms with Gasteiger partial charge in [-0.2, -0.15) is 5.10 Å². The number of hydrogen-bond donors (Lipinski definition) is 1. The van der Waals surface area contributed by atoms with Crippen molar-refractivity contribution >= 4 is 28.2 Å². The Morgan fingerprint density at radius 2 is 2.15 bits per heavy atom. The van der Waals surface area contributed by atoms with Crippen molar-refractivity contribution < 1.29 is 14.3 Å². The largest absolute Gasteiger partial charge is 0.459 e. The Morgan fingerprint density at radius 3 is 2.85 bits per heavy atom. The molecule has 1 amide bonds. The van der Waals surface area contributed by atoms with Crippen molar-refractivity contribution in [1.29, 1.82) is 0 Å². The molecule has 0 saturated heterocycles. The first-order chi connectivity index (χ1) is 12.5. The number of nitrogens with zero attached hydrogens (tertiary/aromatic N) is 2. The number of aryl methyl sites for hydroxylation is 2. The predicted molar refractivity (Wildman–Crippen MR) is 102 cm³/mol. The van der Waals surface area contributed by atoms with Gasteiger partial charge in [-0.05, 0) is 57.6 Å². The van der Waals surface area contributed by atoms with Gasteiger partial charge >= 0.3 is 5.97 Å². The molecule has 0 fully saturated rings. The van der Waals surface area contributed by atoms with Crippen molar-refractivity contribution in [3.05, 3.63) is 34.0 Å². The summed E-state index contributed by atoms with van der Waals surface area (Å²) in [7, 11) is 0. The minimum atomic E-state index is -0.330. The topological polar surface area (TPSA) is 73.2 Å². The molecule has 140 valence electrons. The summed E-state index contributed by atoms with van der Waals surface area (Å²) in [6.45, 7) is 5.87. The van der Waals surface area contributed by atoms with Crippen LogP contribution in [0.5, 0.6) is 0 Å². The molecule has 0 saturated carbocycles. The first kappa shape index (κ1) is 18.6. The van der Waals surface area contributed by atoms with Crippen LogP contribution < -0.4 is 5.32 Å². The zero-order valence-electron chi connectivity index (χ0n) is 15.5. The van der Waals surface area contributed by atoms with Gasteiger partial charge in [0.25, 0.3) is 0 Å². The number of carbonyl (C=O) groups is 2. The summed E-state index contributed by atoms with van der Waals surface area (Å²) in [6, 6.07) is 1.85. The summed E-state index contributed by atoms with van der Waals surface area (Å²) < 4.78 is 7.15. The number of anilines is 1. The number of hydrogen-bond acceptors (Lipinski definition) is 5. The third kappa shape index (κ3) is 4.15. The van der Waals surface area contributed by atoms with E-state index in [2.05, 4.69) is 10.4 Å². The van der Waals surface area contributed by atoms with E-state index in [9.17, 15) is 9.59 Å². The maximum atomic E-state index is 12.7. The van der Waals surface area contributed by atoms with Crippen molar-refractivity contribution in [2.75, 3.05) is 5.32 Å². The van der Waals surface area contributed by atoms with Gasteiger partial charge in [-0.1, -0.05) is 6.92 Å². The Labute approximate surface area is 157 Å². The third-order valence-corrected chi connectivity index (χ3v) is 5.80. The lowest BCUT2D eigenvalue weighted by atomic mass is 9.95. The maximum Gasteiger partial charge on any atom is 0.341 e. The Kier molecular flexibility index (Phi) is 5.76. The number of fused-ring (bicyclic) bond motifs is 1. The minimum absolute atomic E-state index is 0.121. The van der Waals surface area contributed by atoms with Crippen LogP contribution in [-0.4, -0.2) is 27.8 Å². The quantitative estimate of drug-likeness (QED) is 0.781. The molecule has 2 aromatic rings. The summed E-state index contributed by atoms with van der Waals surface area (Å²) in [4.78, 5) is 26.4. The number of nitrogens with one attached hydrogen (secondary N) is 1. The van der Waals surface area contributed by atoms with Gasteiger partial charge < -0.3 is 10.1 Å². The molecule has 0 aliphatic heterocycles. The van der Waals surface area contributed by atoms with Gasteiger partial charge in [0.15, 0.2) is 0 Å². The Hall–Kier alpha value is -2.15. The number of ether oxygens (including phenoxy) is 1. The third-order valence-electron chi connectivity index (χ3n) is 4.59. The molecule has 7 heteroatoms. The second kappa shape index (κ2) is 8.03. The average molecular weight is 375 g/mol. The molecule has 3 rings (SSSR count). The highest BCUT2D eigenvalue weighted by atomic mass is 32.1. The van der Waals surface area contributed by atoms with Gasteiger partial charge in [0, 0.05) is 11.1 Å². The smallest absolute Gasteiger partial charge is 0.341 e. The number of aromatic nitrogens is 2. The Bertz CT molecular complexity index is 809. The molecule has 0 spiro atoms. The van der Waals surface area contributed by atoms with E-state index in [-0.39, 0.29) is 24.5 Å². The lowest BCUT2D eigenvalue weighted by Crippen LogP contribution is -2.21. The first-order valence-corrected chi connectivity index (χ1v) is 9.95. The van der Waals surface area contributed by atoms with E-state index >= 15 is 0 Å². The lowest BCUT2D eigenvalue weighted by molar-refractivity contribution is -0.116. The van der Waals surface area contributed by atoms with Crippen molar-refractivity contribution in [3.8, 4) is 0 Å². The molecule has 1 aliphatic rings. The van der Waals surface area contributed by atoms with Crippen LogP contribution in [-0.2, 0) is 28.9 Å². The summed E-state index contributed by atoms with van der Waals surface area (Å²) >= 11 is 1.51. The summed E-state index contributed by atoms with van der Waals surface area (Å²) in [5.74, 6) is -0.520. The van der Waals surface area contributed by atoms with E-state index in [0.29, 0.717) is 10.6 Å². The minimum Gasteiger partial charge on any atom is -0.459 e. The van der Waals surface area contributed by atoms with E-state index in [4.69, 9.17) is 4.74 Å². The van der Waals surface area contributed by atoms with E-state index < -0.39 is 0 Å². The van der Waals surface area contributed by atoms with Crippen LogP contribution in [0.4, 0.5) is 5.00 Å². The number of rotatable bonds is 6. The molecule has 1 unspecified atom stereocenters. The van der Waals surface area contributed by atoms with Crippen LogP contribution in [0.15, 0.2) is 12.3 Å². The monoisotopic (exact) mass is 375 g/mol. The fraction of sp³-hybridized carbons (Fsp3) is 0.526. The normalized spacial score (nSPS) is 14.6. The van der Waals surface area contributed by atoms with Crippen molar-refractivity contribution in [2.45, 2.75) is 65.5 Å². The molecule has 0 aromatic carbocycles. The number of amides is 1. The zero-order chi connectivity index (χ0) is 18.7.